The molecule has 1 aromatic heterocycles. The molecule has 0 radical (unpaired) electrons. The standard InChI is InChI=1S/C12H19ClN4O2S/c1-8-6-17(7-11(8)16(2)3)20(18,19)9-4-10(13)12(14)15-5-9/h4-5,8,11H,6-7H2,1-3H3,(H2,14,15). The highest BCUT2D eigenvalue weighted by molar-refractivity contribution is 7.89. The molecule has 0 aromatic carbocycles. The van der Waals surface area contributed by atoms with E-state index in [0.717, 1.165) is 0 Å². The van der Waals surface area contributed by atoms with E-state index in [4.69, 9.17) is 17.3 Å². The number of anilines is 1. The van der Waals surface area contributed by atoms with Crippen LogP contribution in [0.25, 0.3) is 0 Å². The lowest BCUT2D eigenvalue weighted by Gasteiger charge is -2.22. The number of nitrogen functional groups attached to an aromatic ring is 1. The minimum atomic E-state index is -3.57. The number of aromatic nitrogens is 1. The van der Waals surface area contributed by atoms with Gasteiger partial charge in [-0.25, -0.2) is 13.4 Å². The van der Waals surface area contributed by atoms with E-state index in [-0.39, 0.29) is 27.7 Å². The van der Waals surface area contributed by atoms with Crippen LogP contribution in [0.1, 0.15) is 6.92 Å². The number of halogens is 1. The van der Waals surface area contributed by atoms with Crippen LogP contribution in [0.5, 0.6) is 0 Å². The van der Waals surface area contributed by atoms with Crippen LogP contribution in [0.2, 0.25) is 5.02 Å². The Morgan fingerprint density at radius 2 is 2.10 bits per heavy atom. The average molecular weight is 319 g/mol. The quantitative estimate of drug-likeness (QED) is 0.895. The van der Waals surface area contributed by atoms with Crippen LogP contribution in [-0.4, -0.2) is 55.8 Å². The fourth-order valence-electron chi connectivity index (χ4n) is 2.50. The predicted octanol–water partition coefficient (Wildman–Crippen LogP) is 0.888. The van der Waals surface area contributed by atoms with Crippen LogP contribution in [0, 0.1) is 5.92 Å². The Morgan fingerprint density at radius 3 is 2.60 bits per heavy atom. The average Bonchev–Trinajstić information content (AvgIpc) is 2.75. The molecule has 0 aliphatic carbocycles. The van der Waals surface area contributed by atoms with Crippen LogP contribution < -0.4 is 5.73 Å². The molecule has 2 unspecified atom stereocenters. The Balaban J connectivity index is 2.30. The Kier molecular flexibility index (Phi) is 4.24. The molecule has 1 aromatic rings. The second-order valence-electron chi connectivity index (χ2n) is 5.37. The highest BCUT2D eigenvalue weighted by Crippen LogP contribution is 2.28. The topological polar surface area (TPSA) is 79.5 Å². The summed E-state index contributed by atoms with van der Waals surface area (Å²) in [4.78, 5) is 5.96. The van der Waals surface area contributed by atoms with Crippen molar-refractivity contribution in [2.24, 2.45) is 5.92 Å². The van der Waals surface area contributed by atoms with E-state index >= 15 is 0 Å². The van der Waals surface area contributed by atoms with E-state index in [1.54, 1.807) is 0 Å². The molecule has 0 spiro atoms. The van der Waals surface area contributed by atoms with Gasteiger partial charge in [0.25, 0.3) is 0 Å². The van der Waals surface area contributed by atoms with Crippen molar-refractivity contribution in [2.75, 3.05) is 32.9 Å². The van der Waals surface area contributed by atoms with Gasteiger partial charge in [0, 0.05) is 25.3 Å². The van der Waals surface area contributed by atoms with E-state index in [0.29, 0.717) is 13.1 Å². The predicted molar refractivity (Wildman–Crippen MR) is 79.1 cm³/mol. The zero-order chi connectivity index (χ0) is 15.1. The van der Waals surface area contributed by atoms with Gasteiger partial charge in [0.05, 0.1) is 5.02 Å². The number of pyridine rings is 1. The summed E-state index contributed by atoms with van der Waals surface area (Å²) < 4.78 is 26.6. The second-order valence-corrected chi connectivity index (χ2v) is 7.71. The second kappa shape index (κ2) is 5.48. The number of rotatable bonds is 3. The molecule has 0 bridgehead atoms. The number of nitrogens with zero attached hydrogens (tertiary/aromatic N) is 3. The molecule has 1 fully saturated rings. The maximum Gasteiger partial charge on any atom is 0.244 e. The Morgan fingerprint density at radius 1 is 1.45 bits per heavy atom. The van der Waals surface area contributed by atoms with Crippen molar-refractivity contribution in [2.45, 2.75) is 17.9 Å². The molecule has 1 saturated heterocycles. The van der Waals surface area contributed by atoms with Crippen LogP contribution in [-0.2, 0) is 10.0 Å². The Labute approximate surface area is 124 Å². The highest BCUT2D eigenvalue weighted by atomic mass is 35.5. The fraction of sp³-hybridized carbons (Fsp3) is 0.583. The molecule has 8 heteroatoms. The third-order valence-corrected chi connectivity index (χ3v) is 5.78. The smallest absolute Gasteiger partial charge is 0.244 e. The zero-order valence-corrected chi connectivity index (χ0v) is 13.3. The molecule has 2 atom stereocenters. The molecular formula is C12H19ClN4O2S. The number of sulfonamides is 1. The molecule has 1 aliphatic rings. The zero-order valence-electron chi connectivity index (χ0n) is 11.7. The summed E-state index contributed by atoms with van der Waals surface area (Å²) in [6.45, 7) is 3.01. The maximum absolute atomic E-state index is 12.6. The van der Waals surface area contributed by atoms with Gasteiger partial charge in [-0.15, -0.1) is 0 Å². The van der Waals surface area contributed by atoms with Gasteiger partial charge in [-0.1, -0.05) is 18.5 Å². The van der Waals surface area contributed by atoms with Crippen molar-refractivity contribution < 1.29 is 8.42 Å². The normalized spacial score (nSPS) is 24.4. The van der Waals surface area contributed by atoms with Gasteiger partial charge in [-0.3, -0.25) is 0 Å². The van der Waals surface area contributed by atoms with Gasteiger partial charge >= 0.3 is 0 Å². The minimum Gasteiger partial charge on any atom is -0.382 e. The molecule has 1 aliphatic heterocycles. The molecule has 112 valence electrons. The lowest BCUT2D eigenvalue weighted by atomic mass is 10.1. The highest BCUT2D eigenvalue weighted by Gasteiger charge is 2.38. The molecule has 2 heterocycles. The van der Waals surface area contributed by atoms with Gasteiger partial charge in [0.1, 0.15) is 10.7 Å². The monoisotopic (exact) mass is 318 g/mol. The SMILES string of the molecule is CC1CN(S(=O)(=O)c2cnc(N)c(Cl)c2)CC1N(C)C. The Hall–Kier alpha value is -0.890. The molecule has 2 N–H and O–H groups in total. The molecule has 2 rings (SSSR count). The first-order valence-electron chi connectivity index (χ1n) is 6.31. The summed E-state index contributed by atoms with van der Waals surface area (Å²) in [5.41, 5.74) is 5.51. The van der Waals surface area contributed by atoms with Crippen LogP contribution in [0.3, 0.4) is 0 Å². The summed E-state index contributed by atoms with van der Waals surface area (Å²) in [6.07, 6.45) is 1.25. The number of hydrogen-bond acceptors (Lipinski definition) is 5. The summed E-state index contributed by atoms with van der Waals surface area (Å²) >= 11 is 5.86. The van der Waals surface area contributed by atoms with E-state index in [2.05, 4.69) is 4.98 Å². The van der Waals surface area contributed by atoms with Crippen LogP contribution >= 0.6 is 11.6 Å². The summed E-state index contributed by atoms with van der Waals surface area (Å²) in [7, 11) is 0.341. The van der Waals surface area contributed by atoms with Gasteiger partial charge in [0.15, 0.2) is 0 Å². The van der Waals surface area contributed by atoms with Crippen molar-refractivity contribution in [3.05, 3.63) is 17.3 Å². The van der Waals surface area contributed by atoms with Gasteiger partial charge in [0.2, 0.25) is 10.0 Å². The lowest BCUT2D eigenvalue weighted by Crippen LogP contribution is -2.35. The fourth-order valence-corrected chi connectivity index (χ4v) is 4.26. The van der Waals surface area contributed by atoms with Gasteiger partial charge in [-0.2, -0.15) is 4.31 Å². The van der Waals surface area contributed by atoms with Crippen LogP contribution in [0.4, 0.5) is 5.82 Å². The first kappa shape index (κ1) is 15.5. The van der Waals surface area contributed by atoms with Crippen molar-refractivity contribution in [1.82, 2.24) is 14.2 Å². The van der Waals surface area contributed by atoms with Crippen molar-refractivity contribution in [1.29, 1.82) is 0 Å². The van der Waals surface area contributed by atoms with Crippen molar-refractivity contribution in [3.8, 4) is 0 Å². The summed E-state index contributed by atoms with van der Waals surface area (Å²) in [6, 6.07) is 1.56. The van der Waals surface area contributed by atoms with E-state index in [1.165, 1.54) is 16.6 Å². The molecule has 0 saturated carbocycles. The number of nitrogens with two attached hydrogens (primary N) is 1. The largest absolute Gasteiger partial charge is 0.382 e. The van der Waals surface area contributed by atoms with E-state index in [9.17, 15) is 8.42 Å². The van der Waals surface area contributed by atoms with Crippen molar-refractivity contribution in [3.63, 3.8) is 0 Å². The Bertz CT molecular complexity index is 605. The maximum atomic E-state index is 12.6. The third kappa shape index (κ3) is 2.76. The van der Waals surface area contributed by atoms with Gasteiger partial charge < -0.3 is 10.6 Å². The molecule has 6 nitrogen and oxygen atoms in total. The first-order chi connectivity index (χ1) is 9.23. The van der Waals surface area contributed by atoms with E-state index < -0.39 is 10.0 Å². The summed E-state index contributed by atoms with van der Waals surface area (Å²) in [5, 5.41) is 0.155. The first-order valence-corrected chi connectivity index (χ1v) is 8.13. The third-order valence-electron chi connectivity index (χ3n) is 3.68. The molecule has 20 heavy (non-hydrogen) atoms. The van der Waals surface area contributed by atoms with E-state index in [1.807, 2.05) is 25.9 Å². The van der Waals surface area contributed by atoms with Crippen molar-refractivity contribution >= 4 is 27.4 Å². The molecule has 0 amide bonds. The van der Waals surface area contributed by atoms with Gasteiger partial charge in [-0.05, 0) is 26.1 Å². The van der Waals surface area contributed by atoms with Crippen LogP contribution in [0.15, 0.2) is 17.2 Å². The molecular weight excluding hydrogens is 300 g/mol. The number of likely N-dealkylation sites (N-methyl/N-ethyl adjacent to an activating group) is 1. The minimum absolute atomic E-state index is 0.0864. The summed E-state index contributed by atoms with van der Waals surface area (Å²) in [5.74, 6) is 0.406. The lowest BCUT2D eigenvalue weighted by molar-refractivity contribution is 0.263. The number of hydrogen-bond donors (Lipinski definition) is 1.